The number of hydrogen-bond donors (Lipinski definition) is 2. The summed E-state index contributed by atoms with van der Waals surface area (Å²) in [6.07, 6.45) is 1.60. The van der Waals surface area contributed by atoms with Gasteiger partial charge in [-0.3, -0.25) is 14.5 Å². The molecule has 1 rings (SSSR count). The van der Waals surface area contributed by atoms with E-state index in [2.05, 4.69) is 0 Å². The average molecular weight is 200 g/mol. The van der Waals surface area contributed by atoms with Crippen LogP contribution < -0.4 is 5.73 Å². The highest BCUT2D eigenvalue weighted by molar-refractivity contribution is 5.77. The first kappa shape index (κ1) is 11.0. The maximum Gasteiger partial charge on any atom is 0.317 e. The fourth-order valence-electron chi connectivity index (χ4n) is 1.81. The number of carboxylic acids is 1. The number of likely N-dealkylation sites (tertiary alicyclic amines) is 1. The number of amides is 1. The molecule has 0 aliphatic carbocycles. The Morgan fingerprint density at radius 3 is 2.64 bits per heavy atom. The van der Waals surface area contributed by atoms with Crippen LogP contribution >= 0.6 is 0 Å². The molecule has 0 saturated carbocycles. The highest BCUT2D eigenvalue weighted by atomic mass is 16.4. The van der Waals surface area contributed by atoms with Crippen LogP contribution in [0.4, 0.5) is 0 Å². The molecule has 1 heterocycles. The number of piperidine rings is 1. The highest BCUT2D eigenvalue weighted by Crippen LogP contribution is 2.20. The summed E-state index contributed by atoms with van der Waals surface area (Å²) in [4.78, 5) is 23.3. The Balaban J connectivity index is 2.55. The van der Waals surface area contributed by atoms with Gasteiger partial charge in [0.05, 0.1) is 12.5 Å². The van der Waals surface area contributed by atoms with E-state index < -0.39 is 5.97 Å². The van der Waals surface area contributed by atoms with Crippen LogP contribution in [-0.2, 0) is 9.59 Å². The minimum atomic E-state index is -0.859. The third-order valence-electron chi connectivity index (χ3n) is 2.75. The van der Waals surface area contributed by atoms with E-state index in [4.69, 9.17) is 10.8 Å². The Kier molecular flexibility index (Phi) is 3.46. The van der Waals surface area contributed by atoms with E-state index in [1.165, 1.54) is 0 Å². The third-order valence-corrected chi connectivity index (χ3v) is 2.75. The lowest BCUT2D eigenvalue weighted by atomic mass is 9.93. The molecule has 1 amide bonds. The topological polar surface area (TPSA) is 83.6 Å². The second-order valence-electron chi connectivity index (χ2n) is 3.85. The molecule has 1 aliphatic rings. The fourth-order valence-corrected chi connectivity index (χ4v) is 1.81. The summed E-state index contributed by atoms with van der Waals surface area (Å²) in [6.45, 7) is 2.44. The number of carbonyl (C=O) groups excluding carboxylic acids is 1. The molecule has 14 heavy (non-hydrogen) atoms. The molecule has 0 bridgehead atoms. The Morgan fingerprint density at radius 2 is 2.14 bits per heavy atom. The minimum absolute atomic E-state index is 0.00898. The summed E-state index contributed by atoms with van der Waals surface area (Å²) >= 11 is 0. The second-order valence-corrected chi connectivity index (χ2v) is 3.85. The van der Waals surface area contributed by atoms with Crippen molar-refractivity contribution in [2.45, 2.75) is 25.8 Å². The molecular formula is C9H16N2O3. The predicted octanol–water partition coefficient (Wildman–Crippen LogP) is -0.343. The van der Waals surface area contributed by atoms with Gasteiger partial charge in [0, 0.05) is 12.6 Å². The first-order valence-electron chi connectivity index (χ1n) is 4.76. The van der Waals surface area contributed by atoms with Gasteiger partial charge < -0.3 is 10.8 Å². The van der Waals surface area contributed by atoms with Gasteiger partial charge in [-0.25, -0.2) is 0 Å². The number of carbonyl (C=O) groups is 2. The first-order chi connectivity index (χ1) is 6.50. The summed E-state index contributed by atoms with van der Waals surface area (Å²) in [5, 5.41) is 8.65. The number of primary amides is 1. The summed E-state index contributed by atoms with van der Waals surface area (Å²) in [7, 11) is 0. The van der Waals surface area contributed by atoms with Crippen molar-refractivity contribution in [2.24, 2.45) is 11.7 Å². The number of aliphatic carboxylic acids is 1. The van der Waals surface area contributed by atoms with Crippen molar-refractivity contribution in [1.82, 2.24) is 4.90 Å². The predicted molar refractivity (Wildman–Crippen MR) is 50.6 cm³/mol. The van der Waals surface area contributed by atoms with Crippen molar-refractivity contribution in [3.63, 3.8) is 0 Å². The molecule has 2 unspecified atom stereocenters. The van der Waals surface area contributed by atoms with Crippen LogP contribution in [0.15, 0.2) is 0 Å². The smallest absolute Gasteiger partial charge is 0.317 e. The standard InChI is InChI=1S/C9H16N2O3/c1-6-2-3-7(9(10)14)4-11(6)5-8(12)13/h6-7H,2-5H2,1H3,(H2,10,14)(H,12,13). The van der Waals surface area contributed by atoms with Crippen molar-refractivity contribution < 1.29 is 14.7 Å². The Morgan fingerprint density at radius 1 is 1.50 bits per heavy atom. The molecule has 80 valence electrons. The van der Waals surface area contributed by atoms with Gasteiger partial charge in [-0.15, -0.1) is 0 Å². The molecule has 1 aliphatic heterocycles. The van der Waals surface area contributed by atoms with Gasteiger partial charge in [0.25, 0.3) is 0 Å². The molecule has 0 aromatic heterocycles. The summed E-state index contributed by atoms with van der Waals surface area (Å²) < 4.78 is 0. The van der Waals surface area contributed by atoms with Crippen LogP contribution in [0, 0.1) is 5.92 Å². The summed E-state index contributed by atoms with van der Waals surface area (Å²) in [5.74, 6) is -1.38. The van der Waals surface area contributed by atoms with Crippen molar-refractivity contribution in [1.29, 1.82) is 0 Å². The quantitative estimate of drug-likeness (QED) is 0.652. The first-order valence-corrected chi connectivity index (χ1v) is 4.76. The van der Waals surface area contributed by atoms with E-state index >= 15 is 0 Å². The lowest BCUT2D eigenvalue weighted by Gasteiger charge is -2.35. The van der Waals surface area contributed by atoms with Gasteiger partial charge in [0.15, 0.2) is 0 Å². The van der Waals surface area contributed by atoms with Crippen LogP contribution in [0.25, 0.3) is 0 Å². The van der Waals surface area contributed by atoms with E-state index in [1.54, 1.807) is 4.90 Å². The Hall–Kier alpha value is -1.10. The molecule has 5 nitrogen and oxygen atoms in total. The van der Waals surface area contributed by atoms with E-state index in [0.29, 0.717) is 6.54 Å². The molecule has 0 spiro atoms. The zero-order chi connectivity index (χ0) is 10.7. The maximum atomic E-state index is 10.9. The largest absolute Gasteiger partial charge is 0.480 e. The van der Waals surface area contributed by atoms with Crippen molar-refractivity contribution in [3.05, 3.63) is 0 Å². The lowest BCUT2D eigenvalue weighted by Crippen LogP contribution is -2.47. The lowest BCUT2D eigenvalue weighted by molar-refractivity contribution is -0.140. The summed E-state index contributed by atoms with van der Waals surface area (Å²) in [6, 6.07) is 0.224. The van der Waals surface area contributed by atoms with Gasteiger partial charge >= 0.3 is 5.97 Å². The molecule has 0 aromatic carbocycles. The van der Waals surface area contributed by atoms with Crippen LogP contribution in [0.2, 0.25) is 0 Å². The number of nitrogens with zero attached hydrogens (tertiary/aromatic N) is 1. The normalized spacial score (nSPS) is 28.6. The molecule has 5 heteroatoms. The SMILES string of the molecule is CC1CCC(C(N)=O)CN1CC(=O)O. The number of nitrogens with two attached hydrogens (primary N) is 1. The average Bonchev–Trinajstić information content (AvgIpc) is 2.07. The van der Waals surface area contributed by atoms with Crippen molar-refractivity contribution in [2.75, 3.05) is 13.1 Å². The zero-order valence-corrected chi connectivity index (χ0v) is 8.27. The van der Waals surface area contributed by atoms with Crippen LogP contribution in [-0.4, -0.2) is 41.0 Å². The maximum absolute atomic E-state index is 10.9. The molecule has 2 atom stereocenters. The van der Waals surface area contributed by atoms with Gasteiger partial charge in [0.2, 0.25) is 5.91 Å². The van der Waals surface area contributed by atoms with Gasteiger partial charge in [-0.05, 0) is 19.8 Å². The van der Waals surface area contributed by atoms with E-state index in [9.17, 15) is 9.59 Å². The van der Waals surface area contributed by atoms with E-state index in [1.807, 2.05) is 6.92 Å². The van der Waals surface area contributed by atoms with Crippen LogP contribution in [0.5, 0.6) is 0 Å². The van der Waals surface area contributed by atoms with Crippen molar-refractivity contribution in [3.8, 4) is 0 Å². The number of hydrogen-bond acceptors (Lipinski definition) is 3. The van der Waals surface area contributed by atoms with Crippen LogP contribution in [0.1, 0.15) is 19.8 Å². The van der Waals surface area contributed by atoms with Gasteiger partial charge in [-0.2, -0.15) is 0 Å². The molecule has 0 aromatic rings. The Bertz CT molecular complexity index is 242. The molecule has 3 N–H and O–H groups in total. The van der Waals surface area contributed by atoms with Gasteiger partial charge in [0.1, 0.15) is 0 Å². The number of rotatable bonds is 3. The van der Waals surface area contributed by atoms with E-state index in [0.717, 1.165) is 12.8 Å². The molecule has 1 saturated heterocycles. The monoisotopic (exact) mass is 200 g/mol. The zero-order valence-electron chi connectivity index (χ0n) is 8.27. The number of carboxylic acid groups (broad SMARTS) is 1. The van der Waals surface area contributed by atoms with Crippen molar-refractivity contribution >= 4 is 11.9 Å². The van der Waals surface area contributed by atoms with Crippen LogP contribution in [0.3, 0.4) is 0 Å². The second kappa shape index (κ2) is 4.41. The molecule has 1 fully saturated rings. The van der Waals surface area contributed by atoms with E-state index in [-0.39, 0.29) is 24.4 Å². The third kappa shape index (κ3) is 2.70. The minimum Gasteiger partial charge on any atom is -0.480 e. The molecular weight excluding hydrogens is 184 g/mol. The highest BCUT2D eigenvalue weighted by Gasteiger charge is 2.29. The molecule has 0 radical (unpaired) electrons. The summed E-state index contributed by atoms with van der Waals surface area (Å²) in [5.41, 5.74) is 5.19. The fraction of sp³-hybridized carbons (Fsp3) is 0.778. The Labute approximate surface area is 82.9 Å². The van der Waals surface area contributed by atoms with Gasteiger partial charge in [-0.1, -0.05) is 0 Å².